The number of hydrogen-bond acceptors (Lipinski definition) is 2. The van der Waals surface area contributed by atoms with Crippen LogP contribution in [0.4, 0.5) is 0 Å². The summed E-state index contributed by atoms with van der Waals surface area (Å²) in [5, 5.41) is 2.00. The Bertz CT molecular complexity index is 919. The van der Waals surface area contributed by atoms with Crippen LogP contribution in [0.15, 0.2) is 53.4 Å². The average Bonchev–Trinajstić information content (AvgIpc) is 3.04. The monoisotopic (exact) mass is 384 g/mol. The van der Waals surface area contributed by atoms with E-state index in [1.807, 2.05) is 35.2 Å². The Morgan fingerprint density at radius 2 is 1.96 bits per heavy atom. The molecule has 0 saturated carbocycles. The summed E-state index contributed by atoms with van der Waals surface area (Å²) >= 11 is 7.68. The van der Waals surface area contributed by atoms with Gasteiger partial charge in [0, 0.05) is 58.0 Å². The van der Waals surface area contributed by atoms with Crippen molar-refractivity contribution in [3.63, 3.8) is 0 Å². The fourth-order valence-electron chi connectivity index (χ4n) is 3.48. The number of thioether (sulfide) groups is 1. The Kier molecular flexibility index (Phi) is 5.23. The molecular formula is C21H21ClN2OS. The second kappa shape index (κ2) is 7.77. The first-order chi connectivity index (χ1) is 12.7. The van der Waals surface area contributed by atoms with Gasteiger partial charge in [-0.25, -0.2) is 0 Å². The number of nitrogens with zero attached hydrogens (tertiary/aromatic N) is 1. The van der Waals surface area contributed by atoms with Crippen molar-refractivity contribution < 1.29 is 4.79 Å². The molecule has 5 heteroatoms. The van der Waals surface area contributed by atoms with Crippen molar-refractivity contribution in [2.45, 2.75) is 30.7 Å². The summed E-state index contributed by atoms with van der Waals surface area (Å²) in [4.78, 5) is 19.3. The number of aromatic amines is 1. The highest BCUT2D eigenvalue weighted by Crippen LogP contribution is 2.28. The SMILES string of the molecule is O=C(CCCSc1ccc(Cl)cc1)N1CCc2[nH]c3ccccc3c2C1. The standard InChI is InChI=1S/C21H21ClN2OS/c22-15-7-9-16(10-8-15)26-13-3-6-21(25)24-12-11-20-18(14-24)17-4-1-2-5-19(17)23-20/h1-2,4-5,7-10,23H,3,6,11-14H2. The van der Waals surface area contributed by atoms with Crippen molar-refractivity contribution in [2.75, 3.05) is 12.3 Å². The molecule has 0 unspecified atom stereocenters. The Labute approximate surface area is 162 Å². The number of carbonyl (C=O) groups excluding carboxylic acids is 1. The van der Waals surface area contributed by atoms with E-state index in [1.54, 1.807) is 11.8 Å². The van der Waals surface area contributed by atoms with Gasteiger partial charge in [-0.15, -0.1) is 11.8 Å². The van der Waals surface area contributed by atoms with Gasteiger partial charge >= 0.3 is 0 Å². The van der Waals surface area contributed by atoms with E-state index in [1.165, 1.54) is 27.1 Å². The lowest BCUT2D eigenvalue weighted by atomic mass is 10.0. The molecule has 1 N–H and O–H groups in total. The van der Waals surface area contributed by atoms with Gasteiger partial charge < -0.3 is 9.88 Å². The second-order valence-electron chi connectivity index (χ2n) is 6.60. The number of fused-ring (bicyclic) bond motifs is 3. The molecule has 0 atom stereocenters. The predicted molar refractivity (Wildman–Crippen MR) is 109 cm³/mol. The first-order valence-electron chi connectivity index (χ1n) is 8.95. The summed E-state index contributed by atoms with van der Waals surface area (Å²) < 4.78 is 0. The fourth-order valence-corrected chi connectivity index (χ4v) is 4.46. The number of aromatic nitrogens is 1. The van der Waals surface area contributed by atoms with Crippen LogP contribution in [0, 0.1) is 0 Å². The summed E-state index contributed by atoms with van der Waals surface area (Å²) in [6.45, 7) is 1.53. The summed E-state index contributed by atoms with van der Waals surface area (Å²) in [5.41, 5.74) is 3.75. The number of amides is 1. The first kappa shape index (κ1) is 17.5. The van der Waals surface area contributed by atoms with Crippen molar-refractivity contribution in [3.8, 4) is 0 Å². The Morgan fingerprint density at radius 1 is 1.15 bits per heavy atom. The van der Waals surface area contributed by atoms with Gasteiger partial charge in [0.1, 0.15) is 0 Å². The van der Waals surface area contributed by atoms with Crippen molar-refractivity contribution in [3.05, 3.63) is 64.8 Å². The predicted octanol–water partition coefficient (Wildman–Crippen LogP) is 5.28. The third-order valence-electron chi connectivity index (χ3n) is 4.85. The molecule has 2 aromatic carbocycles. The van der Waals surface area contributed by atoms with E-state index in [0.29, 0.717) is 6.42 Å². The minimum atomic E-state index is 0.262. The van der Waals surface area contributed by atoms with Crippen LogP contribution in [0.1, 0.15) is 24.1 Å². The van der Waals surface area contributed by atoms with Crippen LogP contribution in [0.3, 0.4) is 0 Å². The maximum atomic E-state index is 12.6. The largest absolute Gasteiger partial charge is 0.358 e. The molecule has 0 bridgehead atoms. The van der Waals surface area contributed by atoms with E-state index in [-0.39, 0.29) is 5.91 Å². The van der Waals surface area contributed by atoms with Gasteiger partial charge in [0.2, 0.25) is 5.91 Å². The van der Waals surface area contributed by atoms with E-state index in [9.17, 15) is 4.79 Å². The molecule has 134 valence electrons. The first-order valence-corrected chi connectivity index (χ1v) is 10.3. The Morgan fingerprint density at radius 3 is 2.81 bits per heavy atom. The van der Waals surface area contributed by atoms with Crippen molar-refractivity contribution >= 4 is 40.2 Å². The highest BCUT2D eigenvalue weighted by molar-refractivity contribution is 7.99. The maximum absolute atomic E-state index is 12.6. The third kappa shape index (κ3) is 3.76. The number of carbonyl (C=O) groups is 1. The molecule has 26 heavy (non-hydrogen) atoms. The maximum Gasteiger partial charge on any atom is 0.222 e. The van der Waals surface area contributed by atoms with Crippen LogP contribution in [-0.4, -0.2) is 28.1 Å². The van der Waals surface area contributed by atoms with Crippen LogP contribution in [0.25, 0.3) is 10.9 Å². The zero-order valence-electron chi connectivity index (χ0n) is 14.5. The highest BCUT2D eigenvalue weighted by Gasteiger charge is 2.23. The van der Waals surface area contributed by atoms with E-state index in [4.69, 9.17) is 11.6 Å². The smallest absolute Gasteiger partial charge is 0.222 e. The van der Waals surface area contributed by atoms with Crippen molar-refractivity contribution in [2.24, 2.45) is 0 Å². The molecule has 3 nitrogen and oxygen atoms in total. The number of hydrogen-bond donors (Lipinski definition) is 1. The number of rotatable bonds is 5. The molecule has 1 aromatic heterocycles. The number of benzene rings is 2. The van der Waals surface area contributed by atoms with Gasteiger partial charge in [-0.05, 0) is 42.5 Å². The molecule has 1 amide bonds. The Balaban J connectivity index is 1.31. The summed E-state index contributed by atoms with van der Waals surface area (Å²) in [6.07, 6.45) is 2.41. The van der Waals surface area contributed by atoms with E-state index < -0.39 is 0 Å². The molecule has 0 spiro atoms. The van der Waals surface area contributed by atoms with Crippen LogP contribution < -0.4 is 0 Å². The quantitative estimate of drug-likeness (QED) is 0.480. The minimum Gasteiger partial charge on any atom is -0.358 e. The van der Waals surface area contributed by atoms with Crippen LogP contribution in [0.2, 0.25) is 5.02 Å². The molecule has 1 aliphatic rings. The molecule has 0 saturated heterocycles. The number of nitrogens with one attached hydrogen (secondary N) is 1. The Hall–Kier alpha value is -1.91. The van der Waals surface area contributed by atoms with Crippen LogP contribution >= 0.6 is 23.4 Å². The molecule has 0 fully saturated rings. The second-order valence-corrected chi connectivity index (χ2v) is 8.20. The molecule has 2 heterocycles. The molecule has 1 aliphatic heterocycles. The lowest BCUT2D eigenvalue weighted by Crippen LogP contribution is -2.35. The van der Waals surface area contributed by atoms with Crippen LogP contribution in [-0.2, 0) is 17.8 Å². The van der Waals surface area contributed by atoms with Crippen molar-refractivity contribution in [1.82, 2.24) is 9.88 Å². The molecule has 0 aliphatic carbocycles. The topological polar surface area (TPSA) is 36.1 Å². The number of halogens is 1. The fraction of sp³-hybridized carbons (Fsp3) is 0.286. The van der Waals surface area contributed by atoms with Gasteiger partial charge in [0.25, 0.3) is 0 Å². The number of para-hydroxylation sites is 1. The van der Waals surface area contributed by atoms with Crippen molar-refractivity contribution in [1.29, 1.82) is 0 Å². The van der Waals surface area contributed by atoms with Crippen LogP contribution in [0.5, 0.6) is 0 Å². The average molecular weight is 385 g/mol. The van der Waals surface area contributed by atoms with E-state index >= 15 is 0 Å². The molecule has 0 radical (unpaired) electrons. The van der Waals surface area contributed by atoms with Gasteiger partial charge in [-0.2, -0.15) is 0 Å². The zero-order chi connectivity index (χ0) is 17.9. The van der Waals surface area contributed by atoms with Gasteiger partial charge in [-0.1, -0.05) is 29.8 Å². The molecule has 4 rings (SSSR count). The van der Waals surface area contributed by atoms with E-state index in [0.717, 1.165) is 36.7 Å². The number of H-pyrrole nitrogens is 1. The normalized spacial score (nSPS) is 13.8. The summed E-state index contributed by atoms with van der Waals surface area (Å²) in [5.74, 6) is 1.21. The molecular weight excluding hydrogens is 364 g/mol. The summed E-state index contributed by atoms with van der Waals surface area (Å²) in [6, 6.07) is 16.2. The molecule has 3 aromatic rings. The zero-order valence-corrected chi connectivity index (χ0v) is 16.1. The van der Waals surface area contributed by atoms with Gasteiger partial charge in [0.15, 0.2) is 0 Å². The lowest BCUT2D eigenvalue weighted by Gasteiger charge is -2.27. The van der Waals surface area contributed by atoms with Gasteiger partial charge in [-0.3, -0.25) is 4.79 Å². The van der Waals surface area contributed by atoms with E-state index in [2.05, 4.69) is 23.2 Å². The van der Waals surface area contributed by atoms with Gasteiger partial charge in [0.05, 0.1) is 0 Å². The lowest BCUT2D eigenvalue weighted by molar-refractivity contribution is -0.132. The summed E-state index contributed by atoms with van der Waals surface area (Å²) in [7, 11) is 0. The highest BCUT2D eigenvalue weighted by atomic mass is 35.5. The third-order valence-corrected chi connectivity index (χ3v) is 6.20. The minimum absolute atomic E-state index is 0.262.